The fraction of sp³-hybridized carbons (Fsp3) is 0.308. The van der Waals surface area contributed by atoms with E-state index < -0.39 is 39.8 Å². The summed E-state index contributed by atoms with van der Waals surface area (Å²) in [5, 5.41) is 16.8. The molecule has 2 aliphatic carbocycles. The molecule has 2 saturated carbocycles. The Hall–Kier alpha value is -4.17. The molecule has 196 valence electrons. The van der Waals surface area contributed by atoms with Gasteiger partial charge in [0.1, 0.15) is 16.5 Å². The van der Waals surface area contributed by atoms with Crippen LogP contribution in [0.1, 0.15) is 36.0 Å². The van der Waals surface area contributed by atoms with Crippen molar-refractivity contribution in [3.05, 3.63) is 52.7 Å². The maximum Gasteiger partial charge on any atom is 0.319 e. The molecule has 2 aliphatic rings. The molecule has 1 aromatic heterocycles. The molecular formula is C26H22ClF2N5O4. The summed E-state index contributed by atoms with van der Waals surface area (Å²) in [7, 11) is 1.39. The maximum atomic E-state index is 15.1. The molecule has 12 heteroatoms. The Morgan fingerprint density at radius 3 is 2.66 bits per heavy atom. The van der Waals surface area contributed by atoms with Crippen LogP contribution >= 0.6 is 11.6 Å². The number of nitriles is 1. The number of hydrogen-bond donors (Lipinski definition) is 3. The van der Waals surface area contributed by atoms with Crippen molar-refractivity contribution in [2.45, 2.75) is 31.7 Å². The minimum atomic E-state index is -1.21. The summed E-state index contributed by atoms with van der Waals surface area (Å²) in [4.78, 5) is 29.2. The van der Waals surface area contributed by atoms with Gasteiger partial charge < -0.3 is 25.4 Å². The highest BCUT2D eigenvalue weighted by Gasteiger charge is 2.43. The number of nitrogens with zero attached hydrogens (tertiary/aromatic N) is 2. The molecular weight excluding hydrogens is 520 g/mol. The molecule has 9 nitrogen and oxygen atoms in total. The number of hydrogen-bond acceptors (Lipinski definition) is 6. The third kappa shape index (κ3) is 5.13. The average molecular weight is 542 g/mol. The molecule has 0 bridgehead atoms. The molecule has 38 heavy (non-hydrogen) atoms. The molecule has 0 unspecified atom stereocenters. The average Bonchev–Trinajstić information content (AvgIpc) is 3.84. The molecule has 0 radical (unpaired) electrons. The van der Waals surface area contributed by atoms with Gasteiger partial charge in [-0.05, 0) is 37.8 Å². The predicted octanol–water partition coefficient (Wildman–Crippen LogP) is 5.28. The minimum Gasteiger partial charge on any atom is -0.496 e. The van der Waals surface area contributed by atoms with Crippen LogP contribution < -0.4 is 25.4 Å². The number of anilines is 1. The van der Waals surface area contributed by atoms with E-state index in [1.807, 2.05) is 0 Å². The predicted molar refractivity (Wildman–Crippen MR) is 135 cm³/mol. The number of benzene rings is 2. The van der Waals surface area contributed by atoms with E-state index in [2.05, 4.69) is 27.0 Å². The lowest BCUT2D eigenvalue weighted by atomic mass is 10.1. The van der Waals surface area contributed by atoms with Gasteiger partial charge in [0.25, 0.3) is 5.91 Å². The molecule has 3 amide bonds. The van der Waals surface area contributed by atoms with Crippen LogP contribution in [0.3, 0.4) is 0 Å². The van der Waals surface area contributed by atoms with Gasteiger partial charge in [-0.15, -0.1) is 0 Å². The minimum absolute atomic E-state index is 0.00319. The van der Waals surface area contributed by atoms with E-state index >= 15 is 4.39 Å². The Morgan fingerprint density at radius 2 is 2.00 bits per heavy atom. The van der Waals surface area contributed by atoms with Crippen molar-refractivity contribution in [2.75, 3.05) is 19.0 Å². The molecule has 3 aromatic rings. The fourth-order valence-electron chi connectivity index (χ4n) is 3.85. The number of ether oxygens (including phenoxy) is 2. The van der Waals surface area contributed by atoms with E-state index in [4.69, 9.17) is 21.1 Å². The standard InChI is InChI=1S/C26H22ClF2N5O4/c1-37-20-10-17-14(8-15(20)24(35)32-12-26(11-30)5-6-26)19(4-7-31-17)38-23-16(28)9-18(21(27)22(23)29)34-25(36)33-13-2-3-13/h4,7-10,13H,2-3,5-6,12H2,1H3,(H,32,35)(H2,33,34,36). The van der Waals surface area contributed by atoms with E-state index in [-0.39, 0.29) is 40.7 Å². The Balaban J connectivity index is 1.44. The number of methoxy groups -OCH3 is 1. The van der Waals surface area contributed by atoms with Crippen LogP contribution in [0.5, 0.6) is 17.2 Å². The van der Waals surface area contributed by atoms with Gasteiger partial charge in [-0.1, -0.05) is 11.6 Å². The lowest BCUT2D eigenvalue weighted by Gasteiger charge is -2.16. The molecule has 0 aliphatic heterocycles. The van der Waals surface area contributed by atoms with Gasteiger partial charge in [-0.2, -0.15) is 5.26 Å². The summed E-state index contributed by atoms with van der Waals surface area (Å²) in [5.41, 5.74) is -0.328. The maximum absolute atomic E-state index is 15.1. The number of nitrogens with one attached hydrogen (secondary N) is 3. The van der Waals surface area contributed by atoms with E-state index in [0.29, 0.717) is 18.4 Å². The van der Waals surface area contributed by atoms with Gasteiger partial charge in [0.15, 0.2) is 17.4 Å². The van der Waals surface area contributed by atoms with E-state index in [0.717, 1.165) is 18.9 Å². The van der Waals surface area contributed by atoms with E-state index in [1.54, 1.807) is 0 Å². The number of fused-ring (bicyclic) bond motifs is 1. The summed E-state index contributed by atoms with van der Waals surface area (Å²) < 4.78 is 41.0. The highest BCUT2D eigenvalue weighted by atomic mass is 35.5. The number of aromatic nitrogens is 1. The SMILES string of the molecule is COc1cc2nccc(Oc3c(F)cc(NC(=O)NC4CC4)c(Cl)c3F)c2cc1C(=O)NCC1(C#N)CC1. The largest absolute Gasteiger partial charge is 0.496 e. The summed E-state index contributed by atoms with van der Waals surface area (Å²) in [6, 6.07) is 6.81. The fourth-order valence-corrected chi connectivity index (χ4v) is 4.04. The highest BCUT2D eigenvalue weighted by molar-refractivity contribution is 6.34. The van der Waals surface area contributed by atoms with Crippen LogP contribution in [0.25, 0.3) is 10.9 Å². The zero-order valence-corrected chi connectivity index (χ0v) is 20.9. The lowest BCUT2D eigenvalue weighted by molar-refractivity contribution is 0.0945. The van der Waals surface area contributed by atoms with Crippen LogP contribution in [0.15, 0.2) is 30.5 Å². The van der Waals surface area contributed by atoms with Crippen molar-refractivity contribution in [1.82, 2.24) is 15.6 Å². The Morgan fingerprint density at radius 1 is 1.24 bits per heavy atom. The Bertz CT molecular complexity index is 1500. The van der Waals surface area contributed by atoms with E-state index in [9.17, 15) is 19.2 Å². The van der Waals surface area contributed by atoms with Gasteiger partial charge >= 0.3 is 6.03 Å². The summed E-state index contributed by atoms with van der Waals surface area (Å²) in [6.07, 6.45) is 4.47. The van der Waals surface area contributed by atoms with E-state index in [1.165, 1.54) is 31.5 Å². The van der Waals surface area contributed by atoms with Gasteiger partial charge in [0.2, 0.25) is 0 Å². The van der Waals surface area contributed by atoms with Crippen molar-refractivity contribution in [3.8, 4) is 23.3 Å². The van der Waals surface area contributed by atoms with Crippen LogP contribution in [0.4, 0.5) is 19.3 Å². The molecule has 0 spiro atoms. The smallest absolute Gasteiger partial charge is 0.319 e. The molecule has 2 aromatic carbocycles. The number of pyridine rings is 1. The second-order valence-electron chi connectivity index (χ2n) is 9.29. The topological polar surface area (TPSA) is 125 Å². The Kier molecular flexibility index (Phi) is 6.67. The van der Waals surface area contributed by atoms with Crippen LogP contribution in [-0.2, 0) is 0 Å². The quantitative estimate of drug-likeness (QED) is 0.333. The number of halogens is 3. The first-order chi connectivity index (χ1) is 18.2. The van der Waals surface area contributed by atoms with Crippen LogP contribution in [0.2, 0.25) is 5.02 Å². The van der Waals surface area contributed by atoms with Crippen LogP contribution in [-0.4, -0.2) is 36.6 Å². The first kappa shape index (κ1) is 25.5. The van der Waals surface area contributed by atoms with Crippen molar-refractivity contribution < 1.29 is 27.8 Å². The van der Waals surface area contributed by atoms with Crippen molar-refractivity contribution in [3.63, 3.8) is 0 Å². The van der Waals surface area contributed by atoms with Gasteiger partial charge in [-0.25, -0.2) is 13.6 Å². The number of amides is 3. The third-order valence-corrected chi connectivity index (χ3v) is 6.80. The molecule has 2 fully saturated rings. The van der Waals surface area contributed by atoms with Crippen molar-refractivity contribution >= 4 is 40.1 Å². The first-order valence-electron chi connectivity index (χ1n) is 11.8. The molecule has 0 atom stereocenters. The third-order valence-electron chi connectivity index (χ3n) is 6.43. The van der Waals surface area contributed by atoms with Crippen molar-refractivity contribution in [1.29, 1.82) is 5.26 Å². The molecule has 0 saturated heterocycles. The molecule has 5 rings (SSSR count). The zero-order chi connectivity index (χ0) is 27.0. The number of carbonyl (C=O) groups is 2. The van der Waals surface area contributed by atoms with Gasteiger partial charge in [-0.3, -0.25) is 9.78 Å². The zero-order valence-electron chi connectivity index (χ0n) is 20.2. The summed E-state index contributed by atoms with van der Waals surface area (Å²) in [6.45, 7) is 0.188. The summed E-state index contributed by atoms with van der Waals surface area (Å²) >= 11 is 6.08. The number of carbonyl (C=O) groups excluding carboxylic acids is 2. The van der Waals surface area contributed by atoms with Crippen molar-refractivity contribution in [2.24, 2.45) is 5.41 Å². The lowest BCUT2D eigenvalue weighted by Crippen LogP contribution is -2.30. The Labute approximate surface area is 221 Å². The monoisotopic (exact) mass is 541 g/mol. The molecule has 3 N–H and O–H groups in total. The first-order valence-corrected chi connectivity index (χ1v) is 12.2. The van der Waals surface area contributed by atoms with Gasteiger partial charge in [0.05, 0.1) is 35.4 Å². The van der Waals surface area contributed by atoms with Gasteiger partial charge in [0, 0.05) is 36.3 Å². The second-order valence-corrected chi connectivity index (χ2v) is 9.67. The molecule has 1 heterocycles. The number of urea groups is 1. The number of rotatable bonds is 8. The second kappa shape index (κ2) is 9.95. The van der Waals surface area contributed by atoms with Crippen LogP contribution in [0, 0.1) is 28.4 Å². The summed E-state index contributed by atoms with van der Waals surface area (Å²) in [5.74, 6) is -3.36. The normalized spacial score (nSPS) is 15.3. The highest BCUT2D eigenvalue weighted by Crippen LogP contribution is 2.44.